The first-order chi connectivity index (χ1) is 7.58. The Bertz CT molecular complexity index is 290. The fourth-order valence-electron chi connectivity index (χ4n) is 3.05. The number of amides is 2. The normalized spacial score (nSPS) is 26.5. The lowest BCUT2D eigenvalue weighted by molar-refractivity contribution is -0.155. The lowest BCUT2D eigenvalue weighted by Crippen LogP contribution is -2.51. The molecule has 1 aliphatic carbocycles. The van der Waals surface area contributed by atoms with Crippen LogP contribution < -0.4 is 0 Å². The second kappa shape index (κ2) is 4.36. The van der Waals surface area contributed by atoms with Crippen LogP contribution in [0, 0.1) is 5.41 Å². The number of halogens is 1. The van der Waals surface area contributed by atoms with Gasteiger partial charge in [-0.25, -0.2) is 0 Å². The topological polar surface area (TPSA) is 37.4 Å². The molecule has 0 unspecified atom stereocenters. The SMILES string of the molecule is C[C@@H](CCl)N1C(=O)CC2(CCCC2)CC1=O. The highest BCUT2D eigenvalue weighted by molar-refractivity contribution is 6.18. The van der Waals surface area contributed by atoms with Crippen LogP contribution in [-0.2, 0) is 9.59 Å². The Labute approximate surface area is 101 Å². The summed E-state index contributed by atoms with van der Waals surface area (Å²) in [5.74, 6) is 0.280. The number of hydrogen-bond donors (Lipinski definition) is 0. The highest BCUT2D eigenvalue weighted by Crippen LogP contribution is 2.47. The maximum atomic E-state index is 12.0. The summed E-state index contributed by atoms with van der Waals surface area (Å²) in [6, 6.07) is -0.166. The maximum absolute atomic E-state index is 12.0. The molecule has 1 spiro atoms. The molecular formula is C12H18ClNO2. The van der Waals surface area contributed by atoms with Gasteiger partial charge in [-0.1, -0.05) is 12.8 Å². The van der Waals surface area contributed by atoms with Crippen LogP contribution in [0.15, 0.2) is 0 Å². The van der Waals surface area contributed by atoms with E-state index in [0.29, 0.717) is 18.7 Å². The van der Waals surface area contributed by atoms with Crippen molar-refractivity contribution in [2.24, 2.45) is 5.41 Å². The van der Waals surface area contributed by atoms with E-state index < -0.39 is 0 Å². The molecule has 4 heteroatoms. The second-order valence-electron chi connectivity index (χ2n) is 5.22. The monoisotopic (exact) mass is 243 g/mol. The van der Waals surface area contributed by atoms with E-state index in [1.165, 1.54) is 4.90 Å². The van der Waals surface area contributed by atoms with Gasteiger partial charge in [-0.2, -0.15) is 0 Å². The number of hydrogen-bond acceptors (Lipinski definition) is 2. The summed E-state index contributed by atoms with van der Waals surface area (Å²) in [6.07, 6.45) is 5.47. The summed E-state index contributed by atoms with van der Waals surface area (Å²) < 4.78 is 0. The van der Waals surface area contributed by atoms with Crippen molar-refractivity contribution in [3.8, 4) is 0 Å². The van der Waals surface area contributed by atoms with Gasteiger partial charge in [-0.15, -0.1) is 11.6 Å². The first-order valence-corrected chi connectivity index (χ1v) is 6.52. The molecule has 0 aromatic rings. The van der Waals surface area contributed by atoms with Gasteiger partial charge < -0.3 is 0 Å². The molecule has 1 saturated heterocycles. The van der Waals surface area contributed by atoms with E-state index in [2.05, 4.69) is 0 Å². The van der Waals surface area contributed by atoms with Crippen LogP contribution in [0.25, 0.3) is 0 Å². The molecule has 90 valence electrons. The zero-order valence-electron chi connectivity index (χ0n) is 9.67. The van der Waals surface area contributed by atoms with Gasteiger partial charge in [0, 0.05) is 18.7 Å². The van der Waals surface area contributed by atoms with Crippen LogP contribution in [0.4, 0.5) is 0 Å². The smallest absolute Gasteiger partial charge is 0.230 e. The van der Waals surface area contributed by atoms with Crippen molar-refractivity contribution in [2.75, 3.05) is 5.88 Å². The third-order valence-electron chi connectivity index (χ3n) is 3.92. The van der Waals surface area contributed by atoms with E-state index in [4.69, 9.17) is 11.6 Å². The number of likely N-dealkylation sites (tertiary alicyclic amines) is 1. The highest BCUT2D eigenvalue weighted by Gasteiger charge is 2.45. The van der Waals surface area contributed by atoms with Crippen LogP contribution in [0.1, 0.15) is 45.4 Å². The van der Waals surface area contributed by atoms with Crippen LogP contribution in [0.5, 0.6) is 0 Å². The summed E-state index contributed by atoms with van der Waals surface area (Å²) in [7, 11) is 0. The molecule has 1 atom stereocenters. The molecule has 0 aromatic carbocycles. The van der Waals surface area contributed by atoms with Gasteiger partial charge in [-0.05, 0) is 25.2 Å². The predicted octanol–water partition coefficient (Wildman–Crippen LogP) is 2.32. The van der Waals surface area contributed by atoms with Crippen molar-refractivity contribution < 1.29 is 9.59 Å². The number of alkyl halides is 1. The van der Waals surface area contributed by atoms with E-state index in [1.54, 1.807) is 0 Å². The molecule has 1 saturated carbocycles. The van der Waals surface area contributed by atoms with Gasteiger partial charge in [0.2, 0.25) is 11.8 Å². The van der Waals surface area contributed by atoms with Crippen molar-refractivity contribution in [2.45, 2.75) is 51.5 Å². The molecule has 2 amide bonds. The molecule has 1 aliphatic heterocycles. The average Bonchev–Trinajstić information content (AvgIpc) is 2.64. The molecule has 2 aliphatic rings. The Morgan fingerprint density at radius 1 is 1.25 bits per heavy atom. The molecule has 2 fully saturated rings. The van der Waals surface area contributed by atoms with E-state index >= 15 is 0 Å². The molecule has 0 aromatic heterocycles. The zero-order chi connectivity index (χ0) is 11.8. The molecule has 3 nitrogen and oxygen atoms in total. The average molecular weight is 244 g/mol. The van der Waals surface area contributed by atoms with Gasteiger partial charge in [0.15, 0.2) is 0 Å². The molecule has 0 N–H and O–H groups in total. The van der Waals surface area contributed by atoms with Gasteiger partial charge in [0.1, 0.15) is 0 Å². The van der Waals surface area contributed by atoms with Gasteiger partial charge in [0.25, 0.3) is 0 Å². The van der Waals surface area contributed by atoms with E-state index in [0.717, 1.165) is 25.7 Å². The summed E-state index contributed by atoms with van der Waals surface area (Å²) in [6.45, 7) is 1.83. The van der Waals surface area contributed by atoms with Gasteiger partial charge >= 0.3 is 0 Å². The zero-order valence-corrected chi connectivity index (χ0v) is 10.4. The lowest BCUT2D eigenvalue weighted by Gasteiger charge is -2.39. The number of imide groups is 1. The number of carbonyl (C=O) groups excluding carboxylic acids is 2. The largest absolute Gasteiger partial charge is 0.279 e. The van der Waals surface area contributed by atoms with Crippen LogP contribution >= 0.6 is 11.6 Å². The molecule has 2 rings (SSSR count). The number of rotatable bonds is 2. The summed E-state index contributed by atoms with van der Waals surface area (Å²) in [4.78, 5) is 25.4. The van der Waals surface area contributed by atoms with Crippen molar-refractivity contribution in [3.05, 3.63) is 0 Å². The molecular weight excluding hydrogens is 226 g/mol. The lowest BCUT2D eigenvalue weighted by atomic mass is 9.76. The number of carbonyl (C=O) groups is 2. The maximum Gasteiger partial charge on any atom is 0.230 e. The van der Waals surface area contributed by atoms with Crippen LogP contribution in [0.3, 0.4) is 0 Å². The first-order valence-electron chi connectivity index (χ1n) is 5.99. The highest BCUT2D eigenvalue weighted by atomic mass is 35.5. The minimum absolute atomic E-state index is 0.00327. The summed E-state index contributed by atoms with van der Waals surface area (Å²) in [5.41, 5.74) is -0.00327. The summed E-state index contributed by atoms with van der Waals surface area (Å²) in [5, 5.41) is 0. The molecule has 1 heterocycles. The van der Waals surface area contributed by atoms with Gasteiger partial charge in [-0.3, -0.25) is 14.5 Å². The fraction of sp³-hybridized carbons (Fsp3) is 0.833. The van der Waals surface area contributed by atoms with Crippen molar-refractivity contribution in [1.29, 1.82) is 0 Å². The Balaban J connectivity index is 2.13. The third-order valence-corrected chi connectivity index (χ3v) is 4.36. The Morgan fingerprint density at radius 2 is 1.75 bits per heavy atom. The minimum Gasteiger partial charge on any atom is -0.279 e. The second-order valence-corrected chi connectivity index (χ2v) is 5.53. The Morgan fingerprint density at radius 3 is 2.19 bits per heavy atom. The molecule has 0 radical (unpaired) electrons. The van der Waals surface area contributed by atoms with Crippen LogP contribution in [-0.4, -0.2) is 28.6 Å². The number of piperidine rings is 1. The quantitative estimate of drug-likeness (QED) is 0.551. The molecule has 16 heavy (non-hydrogen) atoms. The number of nitrogens with zero attached hydrogens (tertiary/aromatic N) is 1. The van der Waals surface area contributed by atoms with E-state index in [1.807, 2.05) is 6.92 Å². The predicted molar refractivity (Wildman–Crippen MR) is 62.2 cm³/mol. The van der Waals surface area contributed by atoms with Crippen molar-refractivity contribution in [1.82, 2.24) is 4.90 Å². The van der Waals surface area contributed by atoms with Gasteiger partial charge in [0.05, 0.1) is 6.04 Å². The standard InChI is InChI=1S/C12H18ClNO2/c1-9(8-13)14-10(15)6-12(7-11(14)16)4-2-3-5-12/h9H,2-8H2,1H3/t9-/m0/s1. The third kappa shape index (κ3) is 1.97. The Kier molecular flexibility index (Phi) is 3.24. The van der Waals surface area contributed by atoms with Crippen LogP contribution in [0.2, 0.25) is 0 Å². The summed E-state index contributed by atoms with van der Waals surface area (Å²) >= 11 is 5.72. The minimum atomic E-state index is -0.166. The fourth-order valence-corrected chi connectivity index (χ4v) is 3.19. The first kappa shape index (κ1) is 11.9. The van der Waals surface area contributed by atoms with E-state index in [9.17, 15) is 9.59 Å². The molecule has 0 bridgehead atoms. The van der Waals surface area contributed by atoms with Crippen molar-refractivity contribution in [3.63, 3.8) is 0 Å². The Hall–Kier alpha value is -0.570. The van der Waals surface area contributed by atoms with Crippen molar-refractivity contribution >= 4 is 23.4 Å². The van der Waals surface area contributed by atoms with E-state index in [-0.39, 0.29) is 23.3 Å².